The number of carbonyl (C=O) groups is 3. The van der Waals surface area contributed by atoms with Crippen LogP contribution in [0.15, 0.2) is 48.5 Å². The van der Waals surface area contributed by atoms with Gasteiger partial charge in [-0.2, -0.15) is 5.26 Å². The summed E-state index contributed by atoms with van der Waals surface area (Å²) in [5.41, 5.74) is 2.69. The molecule has 0 spiro atoms. The van der Waals surface area contributed by atoms with Crippen molar-refractivity contribution in [1.82, 2.24) is 0 Å². The predicted octanol–water partition coefficient (Wildman–Crippen LogP) is 2.67. The quantitative estimate of drug-likeness (QED) is 0.808. The largest absolute Gasteiger partial charge is 0.449 e. The Kier molecular flexibility index (Phi) is 5.70. The lowest BCUT2D eigenvalue weighted by atomic mass is 10.2. The van der Waals surface area contributed by atoms with Crippen LogP contribution in [0.1, 0.15) is 29.3 Å². The van der Waals surface area contributed by atoms with E-state index in [2.05, 4.69) is 5.32 Å². The number of nitrogens with zero attached hydrogens (tertiary/aromatic N) is 2. The zero-order chi connectivity index (χ0) is 20.1. The lowest BCUT2D eigenvalue weighted by Gasteiger charge is -2.21. The molecule has 0 bridgehead atoms. The number of para-hydroxylation sites is 1. The van der Waals surface area contributed by atoms with E-state index in [4.69, 9.17) is 10.00 Å². The highest BCUT2D eigenvalue weighted by Gasteiger charge is 2.29. The lowest BCUT2D eigenvalue weighted by molar-refractivity contribution is -0.126. The van der Waals surface area contributed by atoms with Gasteiger partial charge in [0.15, 0.2) is 6.10 Å². The number of carbonyl (C=O) groups excluding carboxylic acids is 3. The standard InChI is InChI=1S/C21H19N3O4/c1-14(20(26)24-13-11-15-4-2-3-5-18(15)24)28-21(27)16-6-8-17(9-7-16)23-19(25)10-12-22/h2-9,14H,10-11,13H2,1H3,(H,23,25)/t14-/m1/s1. The molecule has 0 unspecified atom stereocenters. The Labute approximate surface area is 162 Å². The molecule has 7 nitrogen and oxygen atoms in total. The molecule has 2 aromatic rings. The molecule has 0 saturated heterocycles. The molecule has 3 rings (SSSR count). The first-order valence-electron chi connectivity index (χ1n) is 8.86. The van der Waals surface area contributed by atoms with Crippen molar-refractivity contribution in [1.29, 1.82) is 5.26 Å². The van der Waals surface area contributed by atoms with Crippen LogP contribution in [0.4, 0.5) is 11.4 Å². The lowest BCUT2D eigenvalue weighted by Crippen LogP contribution is -2.39. The highest BCUT2D eigenvalue weighted by atomic mass is 16.5. The van der Waals surface area contributed by atoms with Gasteiger partial charge in [-0.05, 0) is 49.2 Å². The van der Waals surface area contributed by atoms with Gasteiger partial charge in [0.2, 0.25) is 5.91 Å². The number of hydrogen-bond acceptors (Lipinski definition) is 5. The third-order valence-corrected chi connectivity index (χ3v) is 4.43. The molecule has 0 saturated carbocycles. The minimum atomic E-state index is -0.923. The Balaban J connectivity index is 1.61. The van der Waals surface area contributed by atoms with Crippen molar-refractivity contribution >= 4 is 29.2 Å². The third-order valence-electron chi connectivity index (χ3n) is 4.43. The number of benzene rings is 2. The second-order valence-electron chi connectivity index (χ2n) is 6.38. The summed E-state index contributed by atoms with van der Waals surface area (Å²) in [6, 6.07) is 15.5. The number of nitrogens with one attached hydrogen (secondary N) is 1. The molecular weight excluding hydrogens is 358 g/mol. The fraction of sp³-hybridized carbons (Fsp3) is 0.238. The molecule has 28 heavy (non-hydrogen) atoms. The summed E-state index contributed by atoms with van der Waals surface area (Å²) in [4.78, 5) is 38.1. The number of anilines is 2. The molecule has 0 radical (unpaired) electrons. The molecule has 1 aliphatic heterocycles. The van der Waals surface area contributed by atoms with Gasteiger partial charge < -0.3 is 15.0 Å². The smallest absolute Gasteiger partial charge is 0.338 e. The second kappa shape index (κ2) is 8.35. The summed E-state index contributed by atoms with van der Waals surface area (Å²) >= 11 is 0. The Bertz CT molecular complexity index is 947. The summed E-state index contributed by atoms with van der Waals surface area (Å²) in [5, 5.41) is 11.0. The predicted molar refractivity (Wildman–Crippen MR) is 103 cm³/mol. The van der Waals surface area contributed by atoms with E-state index in [0.717, 1.165) is 17.7 Å². The van der Waals surface area contributed by atoms with Crippen molar-refractivity contribution in [2.75, 3.05) is 16.8 Å². The maximum atomic E-state index is 12.7. The Morgan fingerprint density at radius 1 is 1.18 bits per heavy atom. The van der Waals surface area contributed by atoms with E-state index in [-0.39, 0.29) is 17.9 Å². The molecule has 1 aliphatic rings. The van der Waals surface area contributed by atoms with Crippen molar-refractivity contribution in [3.63, 3.8) is 0 Å². The molecule has 142 valence electrons. The zero-order valence-electron chi connectivity index (χ0n) is 15.3. The minimum absolute atomic E-state index is 0.247. The van der Waals surface area contributed by atoms with Crippen molar-refractivity contribution in [3.8, 4) is 6.07 Å². The van der Waals surface area contributed by atoms with Crippen LogP contribution in [0, 0.1) is 11.3 Å². The first-order chi connectivity index (χ1) is 13.5. The summed E-state index contributed by atoms with van der Waals surface area (Å²) in [5.74, 6) is -1.31. The molecule has 0 fully saturated rings. The molecule has 0 aromatic heterocycles. The summed E-state index contributed by atoms with van der Waals surface area (Å²) in [6.07, 6.45) is -0.390. The average Bonchev–Trinajstić information content (AvgIpc) is 3.12. The van der Waals surface area contributed by atoms with Gasteiger partial charge in [-0.3, -0.25) is 9.59 Å². The fourth-order valence-corrected chi connectivity index (χ4v) is 3.03. The molecular formula is C21H19N3O4. The summed E-state index contributed by atoms with van der Waals surface area (Å²) in [7, 11) is 0. The van der Waals surface area contributed by atoms with E-state index in [1.807, 2.05) is 24.3 Å². The number of hydrogen-bond donors (Lipinski definition) is 1. The van der Waals surface area contributed by atoms with Gasteiger partial charge >= 0.3 is 5.97 Å². The van der Waals surface area contributed by atoms with Crippen molar-refractivity contribution < 1.29 is 19.1 Å². The average molecular weight is 377 g/mol. The van der Waals surface area contributed by atoms with Gasteiger partial charge in [-0.1, -0.05) is 18.2 Å². The Morgan fingerprint density at radius 2 is 1.89 bits per heavy atom. The van der Waals surface area contributed by atoms with Crippen LogP contribution < -0.4 is 10.2 Å². The van der Waals surface area contributed by atoms with Crippen LogP contribution in [0.2, 0.25) is 0 Å². The molecule has 0 aliphatic carbocycles. The molecule has 2 aromatic carbocycles. The normalized spacial score (nSPS) is 13.2. The highest BCUT2D eigenvalue weighted by Crippen LogP contribution is 2.28. The minimum Gasteiger partial charge on any atom is -0.449 e. The van der Waals surface area contributed by atoms with Crippen LogP contribution in [0.5, 0.6) is 0 Å². The first kappa shape index (κ1) is 19.1. The number of ether oxygens (including phenoxy) is 1. The van der Waals surface area contributed by atoms with Gasteiger partial charge in [-0.15, -0.1) is 0 Å². The third kappa shape index (κ3) is 4.18. The summed E-state index contributed by atoms with van der Waals surface area (Å²) < 4.78 is 5.32. The van der Waals surface area contributed by atoms with Crippen LogP contribution in [0.3, 0.4) is 0 Å². The van der Waals surface area contributed by atoms with Gasteiger partial charge in [0.1, 0.15) is 6.42 Å². The number of rotatable bonds is 5. The second-order valence-corrected chi connectivity index (χ2v) is 6.38. The van der Waals surface area contributed by atoms with Crippen molar-refractivity contribution in [3.05, 3.63) is 59.7 Å². The van der Waals surface area contributed by atoms with Gasteiger partial charge in [-0.25, -0.2) is 4.79 Å². The number of nitriles is 1. The molecule has 7 heteroatoms. The van der Waals surface area contributed by atoms with Crippen molar-refractivity contribution in [2.24, 2.45) is 0 Å². The van der Waals surface area contributed by atoms with Crippen LogP contribution in [0.25, 0.3) is 0 Å². The summed E-state index contributed by atoms with van der Waals surface area (Å²) in [6.45, 7) is 2.12. The fourth-order valence-electron chi connectivity index (χ4n) is 3.03. The number of amides is 2. The topological polar surface area (TPSA) is 99.5 Å². The van der Waals surface area contributed by atoms with E-state index in [1.54, 1.807) is 17.9 Å². The van der Waals surface area contributed by atoms with Gasteiger partial charge in [0.05, 0.1) is 11.6 Å². The van der Waals surface area contributed by atoms with Crippen LogP contribution in [-0.4, -0.2) is 30.4 Å². The maximum absolute atomic E-state index is 12.7. The monoisotopic (exact) mass is 377 g/mol. The first-order valence-corrected chi connectivity index (χ1v) is 8.86. The maximum Gasteiger partial charge on any atom is 0.338 e. The van der Waals surface area contributed by atoms with E-state index in [9.17, 15) is 14.4 Å². The highest BCUT2D eigenvalue weighted by molar-refractivity contribution is 6.00. The molecule has 2 amide bonds. The van der Waals surface area contributed by atoms with E-state index in [0.29, 0.717) is 12.2 Å². The SMILES string of the molecule is C[C@@H](OC(=O)c1ccc(NC(=O)CC#N)cc1)C(=O)N1CCc2ccccc21. The molecule has 1 atom stereocenters. The van der Waals surface area contributed by atoms with Gasteiger partial charge in [0.25, 0.3) is 5.91 Å². The van der Waals surface area contributed by atoms with Crippen LogP contribution >= 0.6 is 0 Å². The van der Waals surface area contributed by atoms with Gasteiger partial charge in [0, 0.05) is 17.9 Å². The number of esters is 1. The molecule has 1 N–H and O–H groups in total. The van der Waals surface area contributed by atoms with E-state index < -0.39 is 18.0 Å². The van der Waals surface area contributed by atoms with E-state index >= 15 is 0 Å². The zero-order valence-corrected chi connectivity index (χ0v) is 15.3. The van der Waals surface area contributed by atoms with E-state index in [1.165, 1.54) is 24.3 Å². The van der Waals surface area contributed by atoms with Crippen molar-refractivity contribution in [2.45, 2.75) is 25.9 Å². The molecule has 1 heterocycles. The van der Waals surface area contributed by atoms with Crippen LogP contribution in [-0.2, 0) is 20.7 Å². The number of fused-ring (bicyclic) bond motifs is 1. The Morgan fingerprint density at radius 3 is 2.61 bits per heavy atom. The Hall–Kier alpha value is -3.66.